The summed E-state index contributed by atoms with van der Waals surface area (Å²) in [6.45, 7) is 9.57. The number of aromatic nitrogens is 1. The predicted molar refractivity (Wildman–Crippen MR) is 104 cm³/mol. The molecule has 2 aromatic rings. The number of aliphatic hydroxyl groups is 1. The molecule has 0 saturated carbocycles. The van der Waals surface area contributed by atoms with Crippen molar-refractivity contribution in [2.75, 3.05) is 6.61 Å². The van der Waals surface area contributed by atoms with Crippen LogP contribution in [0.1, 0.15) is 32.0 Å². The number of rotatable bonds is 1. The largest absolute Gasteiger partial charge is 0.490 e. The molecule has 4 rings (SSSR count). The highest BCUT2D eigenvalue weighted by Gasteiger charge is 2.40. The highest BCUT2D eigenvalue weighted by molar-refractivity contribution is 6.02. The molecule has 5 heteroatoms. The van der Waals surface area contributed by atoms with Gasteiger partial charge in [0.2, 0.25) is 0 Å². The Balaban J connectivity index is 1.76. The average Bonchev–Trinajstić information content (AvgIpc) is 3.01. The van der Waals surface area contributed by atoms with Crippen molar-refractivity contribution in [3.05, 3.63) is 71.1 Å². The smallest absolute Gasteiger partial charge is 0.258 e. The number of allylic oxidation sites excluding steroid dienone is 1. The zero-order valence-electron chi connectivity index (χ0n) is 15.7. The van der Waals surface area contributed by atoms with Crippen LogP contribution in [-0.4, -0.2) is 33.1 Å². The molecule has 27 heavy (non-hydrogen) atoms. The summed E-state index contributed by atoms with van der Waals surface area (Å²) in [7, 11) is 0. The van der Waals surface area contributed by atoms with E-state index in [1.165, 1.54) is 0 Å². The van der Waals surface area contributed by atoms with Crippen LogP contribution in [0.2, 0.25) is 0 Å². The van der Waals surface area contributed by atoms with Crippen molar-refractivity contribution in [1.82, 2.24) is 9.88 Å². The van der Waals surface area contributed by atoms with Gasteiger partial charge in [-0.3, -0.25) is 4.79 Å². The van der Waals surface area contributed by atoms with Gasteiger partial charge in [-0.2, -0.15) is 0 Å². The number of amides is 1. The Hall–Kier alpha value is -2.92. The van der Waals surface area contributed by atoms with E-state index in [1.807, 2.05) is 37.3 Å². The summed E-state index contributed by atoms with van der Waals surface area (Å²) in [6.07, 6.45) is 1.90. The van der Waals surface area contributed by atoms with Crippen LogP contribution < -0.4 is 0 Å². The molecule has 0 unspecified atom stereocenters. The van der Waals surface area contributed by atoms with E-state index >= 15 is 0 Å². The fourth-order valence-corrected chi connectivity index (χ4v) is 3.66. The Morgan fingerprint density at radius 3 is 2.89 bits per heavy atom. The van der Waals surface area contributed by atoms with E-state index in [2.05, 4.69) is 12.6 Å². The summed E-state index contributed by atoms with van der Waals surface area (Å²) in [6, 6.07) is 10.0. The average molecular weight is 362 g/mol. The minimum Gasteiger partial charge on any atom is -0.490 e. The van der Waals surface area contributed by atoms with E-state index < -0.39 is 5.60 Å². The van der Waals surface area contributed by atoms with Gasteiger partial charge < -0.3 is 14.7 Å². The van der Waals surface area contributed by atoms with Crippen LogP contribution in [0.3, 0.4) is 0 Å². The molecule has 5 nitrogen and oxygen atoms in total. The van der Waals surface area contributed by atoms with Crippen molar-refractivity contribution in [1.29, 1.82) is 0 Å². The maximum absolute atomic E-state index is 13.3. The minimum absolute atomic E-state index is 0.110. The van der Waals surface area contributed by atoms with Crippen LogP contribution in [0.5, 0.6) is 0 Å². The SMILES string of the molecule is C=C1OCC(C(=O)N2Cc3cc4ccccc4nc3/C2=C\C)=C(C)[C@]1(C)O. The van der Waals surface area contributed by atoms with E-state index in [-0.39, 0.29) is 18.3 Å². The number of benzene rings is 1. The minimum atomic E-state index is -1.35. The molecule has 0 fully saturated rings. The van der Waals surface area contributed by atoms with Gasteiger partial charge in [0.1, 0.15) is 18.0 Å². The first-order valence-corrected chi connectivity index (χ1v) is 8.96. The highest BCUT2D eigenvalue weighted by Crippen LogP contribution is 2.38. The maximum atomic E-state index is 13.3. The fraction of sp³-hybridized carbons (Fsp3) is 0.273. The summed E-state index contributed by atoms with van der Waals surface area (Å²) < 4.78 is 5.48. The van der Waals surface area contributed by atoms with Crippen LogP contribution in [-0.2, 0) is 16.1 Å². The molecule has 0 bridgehead atoms. The molecule has 2 aliphatic rings. The fourth-order valence-electron chi connectivity index (χ4n) is 3.66. The number of pyridine rings is 1. The lowest BCUT2D eigenvalue weighted by Crippen LogP contribution is -2.39. The Labute approximate surface area is 158 Å². The van der Waals surface area contributed by atoms with Crippen LogP contribution in [0.25, 0.3) is 16.6 Å². The molecule has 1 amide bonds. The second kappa shape index (κ2) is 6.06. The van der Waals surface area contributed by atoms with Crippen LogP contribution >= 0.6 is 0 Å². The van der Waals surface area contributed by atoms with Gasteiger partial charge in [0, 0.05) is 10.9 Å². The van der Waals surface area contributed by atoms with Crippen LogP contribution in [0.15, 0.2) is 59.9 Å². The Kier molecular flexibility index (Phi) is 3.93. The van der Waals surface area contributed by atoms with Gasteiger partial charge in [0.05, 0.1) is 29.0 Å². The number of carbonyl (C=O) groups excluding carboxylic acids is 1. The quantitative estimate of drug-likeness (QED) is 0.843. The first-order valence-electron chi connectivity index (χ1n) is 8.96. The third-order valence-corrected chi connectivity index (χ3v) is 5.56. The summed E-state index contributed by atoms with van der Waals surface area (Å²) >= 11 is 0. The summed E-state index contributed by atoms with van der Waals surface area (Å²) in [5, 5.41) is 11.7. The van der Waals surface area contributed by atoms with E-state index in [0.29, 0.717) is 17.7 Å². The monoisotopic (exact) mass is 362 g/mol. The molecule has 2 aliphatic heterocycles. The van der Waals surface area contributed by atoms with Crippen molar-refractivity contribution < 1.29 is 14.6 Å². The third-order valence-electron chi connectivity index (χ3n) is 5.56. The van der Waals surface area contributed by atoms with Gasteiger partial charge >= 0.3 is 0 Å². The topological polar surface area (TPSA) is 62.7 Å². The van der Waals surface area contributed by atoms with Crippen molar-refractivity contribution >= 4 is 22.5 Å². The molecule has 1 aromatic carbocycles. The summed E-state index contributed by atoms with van der Waals surface area (Å²) in [5.74, 6) is 0.0934. The molecule has 1 atom stereocenters. The lowest BCUT2D eigenvalue weighted by atomic mass is 9.88. The van der Waals surface area contributed by atoms with Gasteiger partial charge in [0.25, 0.3) is 5.91 Å². The Morgan fingerprint density at radius 1 is 1.41 bits per heavy atom. The zero-order chi connectivity index (χ0) is 19.3. The summed E-state index contributed by atoms with van der Waals surface area (Å²) in [4.78, 5) is 19.8. The summed E-state index contributed by atoms with van der Waals surface area (Å²) in [5.41, 5.74) is 3.22. The van der Waals surface area contributed by atoms with Gasteiger partial charge in [-0.05, 0) is 38.5 Å². The molecule has 0 saturated heterocycles. The maximum Gasteiger partial charge on any atom is 0.258 e. The van der Waals surface area contributed by atoms with Crippen molar-refractivity contribution in [3.8, 4) is 0 Å². The van der Waals surface area contributed by atoms with Gasteiger partial charge in [0.15, 0.2) is 0 Å². The van der Waals surface area contributed by atoms with Gasteiger partial charge in [-0.1, -0.05) is 30.9 Å². The highest BCUT2D eigenvalue weighted by atomic mass is 16.5. The van der Waals surface area contributed by atoms with E-state index in [0.717, 1.165) is 27.9 Å². The number of ether oxygens (including phenoxy) is 1. The lowest BCUT2D eigenvalue weighted by Gasteiger charge is -2.34. The van der Waals surface area contributed by atoms with E-state index in [9.17, 15) is 9.90 Å². The normalized spacial score (nSPS) is 23.8. The predicted octanol–water partition coefficient (Wildman–Crippen LogP) is 3.55. The molecular weight excluding hydrogens is 340 g/mol. The number of carbonyl (C=O) groups is 1. The molecule has 1 N–H and O–H groups in total. The Bertz CT molecular complexity index is 1050. The number of hydrogen-bond acceptors (Lipinski definition) is 4. The number of hydrogen-bond donors (Lipinski definition) is 1. The second-order valence-corrected chi connectivity index (χ2v) is 7.14. The van der Waals surface area contributed by atoms with Crippen molar-refractivity contribution in [2.24, 2.45) is 0 Å². The van der Waals surface area contributed by atoms with E-state index in [1.54, 1.807) is 18.7 Å². The molecule has 0 spiro atoms. The molecule has 0 aliphatic carbocycles. The lowest BCUT2D eigenvalue weighted by molar-refractivity contribution is -0.125. The number of fused-ring (bicyclic) bond motifs is 2. The van der Waals surface area contributed by atoms with Crippen molar-refractivity contribution in [2.45, 2.75) is 32.9 Å². The molecule has 138 valence electrons. The standard InChI is InChI=1S/C22H22N2O3/c1-5-19-20-16(10-15-8-6-7-9-18(15)23-20)11-24(19)21(25)17-12-27-14(3)22(4,26)13(17)2/h5-10,26H,3,11-12H2,1-2,4H3/b19-5+/t22-/m0/s1. The molecule has 3 heterocycles. The van der Waals surface area contributed by atoms with Crippen LogP contribution in [0.4, 0.5) is 0 Å². The zero-order valence-corrected chi connectivity index (χ0v) is 15.7. The van der Waals surface area contributed by atoms with Gasteiger partial charge in [-0.25, -0.2) is 4.98 Å². The second-order valence-electron chi connectivity index (χ2n) is 7.14. The third kappa shape index (κ3) is 2.58. The number of nitrogens with zero attached hydrogens (tertiary/aromatic N) is 2. The van der Waals surface area contributed by atoms with Crippen molar-refractivity contribution in [3.63, 3.8) is 0 Å². The van der Waals surface area contributed by atoms with Crippen LogP contribution in [0, 0.1) is 0 Å². The van der Waals surface area contributed by atoms with Gasteiger partial charge in [-0.15, -0.1) is 0 Å². The van der Waals surface area contributed by atoms with E-state index in [4.69, 9.17) is 9.72 Å². The number of para-hydroxylation sites is 1. The first kappa shape index (κ1) is 17.5. The molecule has 0 radical (unpaired) electrons. The molecule has 1 aromatic heterocycles. The Morgan fingerprint density at radius 2 is 2.15 bits per heavy atom. The molecular formula is C22H22N2O3. The first-order chi connectivity index (χ1) is 12.8.